The van der Waals surface area contributed by atoms with E-state index in [9.17, 15) is 4.39 Å². The van der Waals surface area contributed by atoms with Gasteiger partial charge in [0.2, 0.25) is 0 Å². The van der Waals surface area contributed by atoms with Crippen molar-refractivity contribution < 1.29 is 40.8 Å². The van der Waals surface area contributed by atoms with Crippen molar-refractivity contribution in [1.82, 2.24) is 0 Å². The maximum absolute atomic E-state index is 11.7. The standard InChI is InChI=1S/C12H24F.Li.H2O4S/c1-2-3-4-5-6-7-8-9-10-11-12-13;;1-5(2,3)4/h1-12H2;;(H2,1,2,3,4)/q-1;+1;. The van der Waals surface area contributed by atoms with Crippen molar-refractivity contribution >= 4 is 10.4 Å². The van der Waals surface area contributed by atoms with Crippen molar-refractivity contribution in [3.05, 3.63) is 6.92 Å². The van der Waals surface area contributed by atoms with Crippen LogP contribution in [0.15, 0.2) is 0 Å². The molecule has 0 aliphatic rings. The topological polar surface area (TPSA) is 74.6 Å². The van der Waals surface area contributed by atoms with Gasteiger partial charge in [0.05, 0.1) is 6.67 Å². The summed E-state index contributed by atoms with van der Waals surface area (Å²) in [6, 6.07) is 0. The third-order valence-corrected chi connectivity index (χ3v) is 2.38. The Balaban J connectivity index is -0.000000366. The zero-order chi connectivity index (χ0) is 14.3. The van der Waals surface area contributed by atoms with E-state index in [2.05, 4.69) is 6.92 Å². The minimum atomic E-state index is -4.67. The van der Waals surface area contributed by atoms with Gasteiger partial charge in [-0.25, -0.2) is 0 Å². The van der Waals surface area contributed by atoms with Gasteiger partial charge in [-0.1, -0.05) is 51.4 Å². The molecule has 0 unspecified atom stereocenters. The zero-order valence-corrected chi connectivity index (χ0v) is 12.8. The SMILES string of the molecule is O=S(=O)(O)O.[CH2-]CCCCCCCCCCCF.[Li+]. The molecule has 0 aliphatic carbocycles. The van der Waals surface area contributed by atoms with Crippen molar-refractivity contribution in [2.45, 2.75) is 64.2 Å². The summed E-state index contributed by atoms with van der Waals surface area (Å²) in [6.07, 6.45) is 12.1. The Morgan fingerprint density at radius 3 is 1.32 bits per heavy atom. The fourth-order valence-corrected chi connectivity index (χ4v) is 1.51. The molecule has 0 aromatic carbocycles. The molecule has 0 heterocycles. The van der Waals surface area contributed by atoms with Gasteiger partial charge >= 0.3 is 29.3 Å². The fraction of sp³-hybridized carbons (Fsp3) is 0.917. The van der Waals surface area contributed by atoms with Crippen molar-refractivity contribution in [3.63, 3.8) is 0 Å². The molecule has 0 bridgehead atoms. The van der Waals surface area contributed by atoms with Crippen LogP contribution in [0.1, 0.15) is 64.2 Å². The molecule has 0 saturated carbocycles. The second-order valence-electron chi connectivity index (χ2n) is 4.17. The fourth-order valence-electron chi connectivity index (χ4n) is 1.51. The minimum Gasteiger partial charge on any atom is -0.343 e. The summed E-state index contributed by atoms with van der Waals surface area (Å²) in [7, 11) is -4.67. The molecule has 0 atom stereocenters. The predicted molar refractivity (Wildman–Crippen MR) is 71.7 cm³/mol. The summed E-state index contributed by atoms with van der Waals surface area (Å²) in [5.74, 6) is 0. The van der Waals surface area contributed by atoms with Crippen LogP contribution in [0.25, 0.3) is 0 Å². The van der Waals surface area contributed by atoms with E-state index in [1.54, 1.807) is 0 Å². The Labute approximate surface area is 129 Å². The molecule has 0 amide bonds. The quantitative estimate of drug-likeness (QED) is 0.273. The Morgan fingerprint density at radius 1 is 0.789 bits per heavy atom. The number of unbranched alkanes of at least 4 members (excludes halogenated alkanes) is 9. The molecule has 0 aliphatic heterocycles. The normalized spacial score (nSPS) is 10.3. The van der Waals surface area contributed by atoms with E-state index in [-0.39, 0.29) is 25.5 Å². The molecule has 112 valence electrons. The summed E-state index contributed by atoms with van der Waals surface area (Å²) < 4.78 is 43.3. The Morgan fingerprint density at radius 2 is 1.05 bits per heavy atom. The molecule has 0 rings (SSSR count). The maximum atomic E-state index is 11.7. The smallest absolute Gasteiger partial charge is 0.343 e. The van der Waals surface area contributed by atoms with Crippen LogP contribution in [0.3, 0.4) is 0 Å². The van der Waals surface area contributed by atoms with Gasteiger partial charge in [-0.3, -0.25) is 13.5 Å². The van der Waals surface area contributed by atoms with Crippen LogP contribution in [0.2, 0.25) is 0 Å². The molecule has 0 spiro atoms. The summed E-state index contributed by atoms with van der Waals surface area (Å²) in [4.78, 5) is 0. The molecular weight excluding hydrogens is 266 g/mol. The van der Waals surface area contributed by atoms with Crippen molar-refractivity contribution in [2.75, 3.05) is 6.67 Å². The van der Waals surface area contributed by atoms with Gasteiger partial charge in [-0.2, -0.15) is 14.8 Å². The second kappa shape index (κ2) is 18.4. The first-order valence-corrected chi connectivity index (χ1v) is 7.86. The van der Waals surface area contributed by atoms with Gasteiger partial charge < -0.3 is 6.92 Å². The van der Waals surface area contributed by atoms with E-state index >= 15 is 0 Å². The van der Waals surface area contributed by atoms with Gasteiger partial charge in [0.25, 0.3) is 0 Å². The molecule has 4 nitrogen and oxygen atoms in total. The number of halogens is 1. The molecular formula is C12H26FLiO4S. The van der Waals surface area contributed by atoms with Crippen LogP contribution in [-0.2, 0) is 10.4 Å². The number of hydrogen-bond acceptors (Lipinski definition) is 2. The molecule has 0 fully saturated rings. The monoisotopic (exact) mass is 292 g/mol. The van der Waals surface area contributed by atoms with Gasteiger partial charge in [-0.05, 0) is 6.42 Å². The summed E-state index contributed by atoms with van der Waals surface area (Å²) in [6.45, 7) is 3.68. The summed E-state index contributed by atoms with van der Waals surface area (Å²) >= 11 is 0. The molecule has 0 aromatic rings. The molecule has 7 heteroatoms. The summed E-state index contributed by atoms with van der Waals surface area (Å²) in [5.41, 5.74) is 0. The van der Waals surface area contributed by atoms with E-state index in [0.29, 0.717) is 0 Å². The number of alkyl halides is 1. The van der Waals surface area contributed by atoms with Gasteiger partial charge in [-0.15, -0.1) is 0 Å². The predicted octanol–water partition coefficient (Wildman–Crippen LogP) is 1.04. The Kier molecular flexibility index (Phi) is 23.6. The molecule has 0 aromatic heterocycles. The van der Waals surface area contributed by atoms with Crippen LogP contribution >= 0.6 is 0 Å². The number of rotatable bonds is 10. The van der Waals surface area contributed by atoms with Crippen LogP contribution in [0.5, 0.6) is 0 Å². The number of hydrogen-bond donors (Lipinski definition) is 2. The third-order valence-electron chi connectivity index (χ3n) is 2.38. The van der Waals surface area contributed by atoms with Crippen LogP contribution < -0.4 is 18.9 Å². The van der Waals surface area contributed by atoms with Gasteiger partial charge in [0, 0.05) is 0 Å². The van der Waals surface area contributed by atoms with E-state index in [1.807, 2.05) is 0 Å². The van der Waals surface area contributed by atoms with Crippen molar-refractivity contribution in [3.8, 4) is 0 Å². The zero-order valence-electron chi connectivity index (χ0n) is 12.0. The molecule has 19 heavy (non-hydrogen) atoms. The molecule has 0 saturated heterocycles. The average Bonchev–Trinajstić information content (AvgIpc) is 2.25. The summed E-state index contributed by atoms with van der Waals surface area (Å²) in [5, 5.41) is 0. The van der Waals surface area contributed by atoms with E-state index in [0.717, 1.165) is 19.3 Å². The minimum absolute atomic E-state index is 0. The van der Waals surface area contributed by atoms with E-state index in [1.165, 1.54) is 44.9 Å². The van der Waals surface area contributed by atoms with Crippen LogP contribution in [0, 0.1) is 6.92 Å². The Bertz CT molecular complexity index is 230. The first-order chi connectivity index (χ1) is 8.41. The molecule has 0 radical (unpaired) electrons. The first-order valence-electron chi connectivity index (χ1n) is 6.47. The van der Waals surface area contributed by atoms with Gasteiger partial charge in [0.15, 0.2) is 0 Å². The van der Waals surface area contributed by atoms with Crippen LogP contribution in [0.4, 0.5) is 4.39 Å². The Hall–Kier alpha value is 0.397. The van der Waals surface area contributed by atoms with Crippen molar-refractivity contribution in [2.24, 2.45) is 0 Å². The first kappa shape index (κ1) is 24.4. The van der Waals surface area contributed by atoms with Gasteiger partial charge in [0.1, 0.15) is 0 Å². The maximum Gasteiger partial charge on any atom is 1.00 e. The second-order valence-corrected chi connectivity index (χ2v) is 5.07. The van der Waals surface area contributed by atoms with E-state index in [4.69, 9.17) is 17.5 Å². The van der Waals surface area contributed by atoms with Crippen molar-refractivity contribution in [1.29, 1.82) is 0 Å². The van der Waals surface area contributed by atoms with Crippen LogP contribution in [-0.4, -0.2) is 24.2 Å². The molecule has 2 N–H and O–H groups in total. The largest absolute Gasteiger partial charge is 1.00 e. The third kappa shape index (κ3) is 45.8. The average molecular weight is 292 g/mol. The van der Waals surface area contributed by atoms with E-state index < -0.39 is 10.4 Å².